The molecule has 0 aromatic carbocycles. The lowest BCUT2D eigenvalue weighted by Gasteiger charge is -2.38. The Hall–Kier alpha value is -0.570. The van der Waals surface area contributed by atoms with Gasteiger partial charge in [0, 0.05) is 25.0 Å². The van der Waals surface area contributed by atoms with E-state index in [1.807, 2.05) is 0 Å². The topological polar surface area (TPSA) is 32.3 Å². The van der Waals surface area contributed by atoms with Crippen molar-refractivity contribution in [3.63, 3.8) is 0 Å². The first-order valence-corrected chi connectivity index (χ1v) is 5.27. The first-order valence-electron chi connectivity index (χ1n) is 5.27. The number of carbonyl (C=O) groups excluding carboxylic acids is 1. The average Bonchev–Trinajstić information content (AvgIpc) is 2.49. The molecule has 0 bridgehead atoms. The van der Waals surface area contributed by atoms with Crippen LogP contribution < -0.4 is 5.32 Å². The van der Waals surface area contributed by atoms with Crippen molar-refractivity contribution in [2.75, 3.05) is 19.6 Å². The van der Waals surface area contributed by atoms with Gasteiger partial charge in [-0.1, -0.05) is 6.92 Å². The van der Waals surface area contributed by atoms with Crippen molar-refractivity contribution < 1.29 is 4.79 Å². The third-order valence-electron chi connectivity index (χ3n) is 3.50. The highest BCUT2D eigenvalue weighted by molar-refractivity contribution is 5.79. The van der Waals surface area contributed by atoms with Crippen LogP contribution in [-0.4, -0.2) is 36.0 Å². The van der Waals surface area contributed by atoms with Gasteiger partial charge in [0.25, 0.3) is 0 Å². The fourth-order valence-corrected chi connectivity index (χ4v) is 2.45. The molecule has 2 saturated heterocycles. The zero-order chi connectivity index (χ0) is 9.31. The Balaban J connectivity index is 1.93. The van der Waals surface area contributed by atoms with Crippen molar-refractivity contribution in [3.05, 3.63) is 0 Å². The molecule has 0 aromatic heterocycles. The SMILES string of the molecule is CCN1CCC2(CCC(=O)N2)CC1. The summed E-state index contributed by atoms with van der Waals surface area (Å²) in [4.78, 5) is 13.6. The molecular weight excluding hydrogens is 164 g/mol. The van der Waals surface area contributed by atoms with E-state index in [4.69, 9.17) is 0 Å². The Labute approximate surface area is 79.5 Å². The van der Waals surface area contributed by atoms with Crippen LogP contribution >= 0.6 is 0 Å². The van der Waals surface area contributed by atoms with E-state index in [0.717, 1.165) is 45.3 Å². The Morgan fingerprint density at radius 1 is 1.38 bits per heavy atom. The number of hydrogen-bond acceptors (Lipinski definition) is 2. The molecule has 0 radical (unpaired) electrons. The van der Waals surface area contributed by atoms with Crippen LogP contribution in [0.1, 0.15) is 32.6 Å². The highest BCUT2D eigenvalue weighted by atomic mass is 16.2. The van der Waals surface area contributed by atoms with E-state index in [1.165, 1.54) is 0 Å². The number of likely N-dealkylation sites (tertiary alicyclic amines) is 1. The molecule has 2 aliphatic heterocycles. The van der Waals surface area contributed by atoms with Crippen molar-refractivity contribution in [2.24, 2.45) is 0 Å². The summed E-state index contributed by atoms with van der Waals surface area (Å²) in [6, 6.07) is 0. The van der Waals surface area contributed by atoms with Crippen LogP contribution in [0.15, 0.2) is 0 Å². The summed E-state index contributed by atoms with van der Waals surface area (Å²) in [6.07, 6.45) is 4.09. The van der Waals surface area contributed by atoms with E-state index in [1.54, 1.807) is 0 Å². The van der Waals surface area contributed by atoms with E-state index in [0.29, 0.717) is 0 Å². The first-order chi connectivity index (χ1) is 6.24. The lowest BCUT2D eigenvalue weighted by Crippen LogP contribution is -2.50. The van der Waals surface area contributed by atoms with Crippen molar-refractivity contribution in [2.45, 2.75) is 38.1 Å². The second kappa shape index (κ2) is 3.29. The van der Waals surface area contributed by atoms with Crippen LogP contribution in [-0.2, 0) is 4.79 Å². The summed E-state index contributed by atoms with van der Waals surface area (Å²) in [7, 11) is 0. The van der Waals surface area contributed by atoms with Crippen LogP contribution in [0.25, 0.3) is 0 Å². The van der Waals surface area contributed by atoms with Gasteiger partial charge in [-0.2, -0.15) is 0 Å². The molecule has 0 saturated carbocycles. The summed E-state index contributed by atoms with van der Waals surface area (Å²) in [5, 5.41) is 3.15. The van der Waals surface area contributed by atoms with Gasteiger partial charge in [0.1, 0.15) is 0 Å². The smallest absolute Gasteiger partial charge is 0.220 e. The number of carbonyl (C=O) groups is 1. The molecule has 0 aliphatic carbocycles. The highest BCUT2D eigenvalue weighted by Gasteiger charge is 2.39. The minimum absolute atomic E-state index is 0.183. The van der Waals surface area contributed by atoms with Gasteiger partial charge in [-0.3, -0.25) is 4.79 Å². The van der Waals surface area contributed by atoms with Crippen LogP contribution in [0.3, 0.4) is 0 Å². The van der Waals surface area contributed by atoms with E-state index in [2.05, 4.69) is 17.1 Å². The second-order valence-corrected chi connectivity index (χ2v) is 4.26. The molecule has 2 fully saturated rings. The molecule has 0 unspecified atom stereocenters. The van der Waals surface area contributed by atoms with E-state index < -0.39 is 0 Å². The summed E-state index contributed by atoms with van der Waals surface area (Å²) in [5.74, 6) is 0.255. The maximum atomic E-state index is 11.1. The van der Waals surface area contributed by atoms with Gasteiger partial charge >= 0.3 is 0 Å². The van der Waals surface area contributed by atoms with Gasteiger partial charge in [-0.25, -0.2) is 0 Å². The quantitative estimate of drug-likeness (QED) is 0.649. The molecule has 0 atom stereocenters. The fraction of sp³-hybridized carbons (Fsp3) is 0.900. The van der Waals surface area contributed by atoms with E-state index in [9.17, 15) is 4.79 Å². The Morgan fingerprint density at radius 2 is 2.08 bits per heavy atom. The summed E-state index contributed by atoms with van der Waals surface area (Å²) < 4.78 is 0. The van der Waals surface area contributed by atoms with Crippen molar-refractivity contribution in [1.29, 1.82) is 0 Å². The second-order valence-electron chi connectivity index (χ2n) is 4.26. The number of nitrogens with one attached hydrogen (secondary N) is 1. The summed E-state index contributed by atoms with van der Waals surface area (Å²) in [5.41, 5.74) is 0.183. The fourth-order valence-electron chi connectivity index (χ4n) is 2.45. The molecule has 2 heterocycles. The number of piperidine rings is 1. The number of rotatable bonds is 1. The van der Waals surface area contributed by atoms with E-state index in [-0.39, 0.29) is 11.4 Å². The van der Waals surface area contributed by atoms with Crippen molar-refractivity contribution in [1.82, 2.24) is 10.2 Å². The summed E-state index contributed by atoms with van der Waals surface area (Å²) >= 11 is 0. The zero-order valence-corrected chi connectivity index (χ0v) is 8.31. The van der Waals surface area contributed by atoms with Crippen LogP contribution in [0.5, 0.6) is 0 Å². The van der Waals surface area contributed by atoms with Gasteiger partial charge < -0.3 is 10.2 Å². The highest BCUT2D eigenvalue weighted by Crippen LogP contribution is 2.30. The Kier molecular flexibility index (Phi) is 2.28. The normalized spacial score (nSPS) is 27.9. The van der Waals surface area contributed by atoms with Gasteiger partial charge in [0.2, 0.25) is 5.91 Å². The third-order valence-corrected chi connectivity index (χ3v) is 3.50. The molecule has 2 rings (SSSR count). The molecule has 74 valence electrons. The Morgan fingerprint density at radius 3 is 2.54 bits per heavy atom. The standard InChI is InChI=1S/C10H18N2O/c1-2-12-7-5-10(6-8-12)4-3-9(13)11-10/h2-8H2,1H3,(H,11,13). The average molecular weight is 182 g/mol. The van der Waals surface area contributed by atoms with Crippen LogP contribution in [0.4, 0.5) is 0 Å². The van der Waals surface area contributed by atoms with E-state index >= 15 is 0 Å². The number of hydrogen-bond donors (Lipinski definition) is 1. The molecule has 0 aromatic rings. The molecule has 1 spiro atoms. The van der Waals surface area contributed by atoms with Crippen LogP contribution in [0.2, 0.25) is 0 Å². The molecule has 3 heteroatoms. The Bertz CT molecular complexity index is 207. The third kappa shape index (κ3) is 1.70. The van der Waals surface area contributed by atoms with Gasteiger partial charge in [-0.05, 0) is 25.8 Å². The molecular formula is C10H18N2O. The van der Waals surface area contributed by atoms with Crippen molar-refractivity contribution in [3.8, 4) is 0 Å². The lowest BCUT2D eigenvalue weighted by atomic mass is 9.86. The molecule has 1 amide bonds. The largest absolute Gasteiger partial charge is 0.351 e. The minimum Gasteiger partial charge on any atom is -0.351 e. The molecule has 2 aliphatic rings. The predicted octanol–water partition coefficient (Wildman–Crippen LogP) is 0.751. The number of amides is 1. The maximum Gasteiger partial charge on any atom is 0.220 e. The number of nitrogens with zero attached hydrogens (tertiary/aromatic N) is 1. The molecule has 1 N–H and O–H groups in total. The van der Waals surface area contributed by atoms with Gasteiger partial charge in [-0.15, -0.1) is 0 Å². The predicted molar refractivity (Wildman–Crippen MR) is 51.5 cm³/mol. The first kappa shape index (κ1) is 9.00. The molecule has 3 nitrogen and oxygen atoms in total. The lowest BCUT2D eigenvalue weighted by molar-refractivity contribution is -0.120. The van der Waals surface area contributed by atoms with Crippen LogP contribution in [0, 0.1) is 0 Å². The minimum atomic E-state index is 0.183. The summed E-state index contributed by atoms with van der Waals surface area (Å²) in [6.45, 7) is 5.64. The van der Waals surface area contributed by atoms with Gasteiger partial charge in [0.15, 0.2) is 0 Å². The maximum absolute atomic E-state index is 11.1. The zero-order valence-electron chi connectivity index (χ0n) is 8.31. The monoisotopic (exact) mass is 182 g/mol. The molecule has 13 heavy (non-hydrogen) atoms. The van der Waals surface area contributed by atoms with Crippen molar-refractivity contribution >= 4 is 5.91 Å². The van der Waals surface area contributed by atoms with Gasteiger partial charge in [0.05, 0.1) is 0 Å².